The predicted molar refractivity (Wildman–Crippen MR) is 45.5 cm³/mol. The molecule has 68 valence electrons. The van der Waals surface area contributed by atoms with E-state index in [2.05, 4.69) is 5.32 Å². The van der Waals surface area contributed by atoms with Crippen molar-refractivity contribution < 1.29 is 8.42 Å². The molecule has 0 aromatic rings. The van der Waals surface area contributed by atoms with Gasteiger partial charge in [0.15, 0.2) is 9.84 Å². The van der Waals surface area contributed by atoms with Crippen molar-refractivity contribution in [2.75, 3.05) is 24.6 Å². The number of hydrogen-bond donors (Lipinski definition) is 1. The first-order chi connectivity index (χ1) is 5.67. The van der Waals surface area contributed by atoms with Gasteiger partial charge < -0.3 is 5.32 Å². The molecule has 0 aromatic heterocycles. The Morgan fingerprint density at radius 3 is 1.92 bits per heavy atom. The fraction of sp³-hybridized carbons (Fsp3) is 1.00. The van der Waals surface area contributed by atoms with Crippen LogP contribution in [-0.4, -0.2) is 33.0 Å². The standard InChI is InChI=1S/C8H13NO2S/c10-12(11)3-7-5-1-9-2-6(5)8(7)4-12/h5-9H,1-4H2/t5-,6+,7+,8-. The monoisotopic (exact) mass is 187 g/mol. The van der Waals surface area contributed by atoms with Gasteiger partial charge in [0.25, 0.3) is 0 Å². The Bertz CT molecular complexity index is 287. The van der Waals surface area contributed by atoms with Crippen molar-refractivity contribution in [2.24, 2.45) is 23.7 Å². The van der Waals surface area contributed by atoms with Gasteiger partial charge in [-0.3, -0.25) is 0 Å². The summed E-state index contributed by atoms with van der Waals surface area (Å²) in [4.78, 5) is 0. The van der Waals surface area contributed by atoms with Gasteiger partial charge in [-0.25, -0.2) is 8.42 Å². The summed E-state index contributed by atoms with van der Waals surface area (Å²) in [5, 5.41) is 3.35. The van der Waals surface area contributed by atoms with Gasteiger partial charge in [-0.05, 0) is 36.8 Å². The number of nitrogens with one attached hydrogen (secondary N) is 1. The average molecular weight is 187 g/mol. The molecular weight excluding hydrogens is 174 g/mol. The molecule has 0 aromatic carbocycles. The van der Waals surface area contributed by atoms with E-state index >= 15 is 0 Å². The van der Waals surface area contributed by atoms with E-state index in [0.717, 1.165) is 13.1 Å². The van der Waals surface area contributed by atoms with Gasteiger partial charge >= 0.3 is 0 Å². The van der Waals surface area contributed by atoms with Crippen LogP contribution in [0, 0.1) is 23.7 Å². The lowest BCUT2D eigenvalue weighted by molar-refractivity contribution is 0.0629. The van der Waals surface area contributed by atoms with Gasteiger partial charge in [-0.2, -0.15) is 0 Å². The quantitative estimate of drug-likeness (QED) is 0.556. The van der Waals surface area contributed by atoms with E-state index < -0.39 is 9.84 Å². The average Bonchev–Trinajstić information content (AvgIpc) is 2.49. The minimum absolute atomic E-state index is 0.473. The normalized spacial score (nSPS) is 54.3. The summed E-state index contributed by atoms with van der Waals surface area (Å²) >= 11 is 0. The Labute approximate surface area is 72.5 Å². The second-order valence-corrected chi connectivity index (χ2v) is 6.54. The SMILES string of the molecule is O=S1(=O)C[C@@H]2[C@H]3CNC[C@H]3[C@@H]2C1. The molecule has 3 nitrogen and oxygen atoms in total. The molecule has 0 radical (unpaired) electrons. The topological polar surface area (TPSA) is 46.2 Å². The van der Waals surface area contributed by atoms with Crippen molar-refractivity contribution in [2.45, 2.75) is 0 Å². The Kier molecular flexibility index (Phi) is 1.25. The number of hydrogen-bond acceptors (Lipinski definition) is 3. The van der Waals surface area contributed by atoms with Crippen LogP contribution >= 0.6 is 0 Å². The fourth-order valence-corrected chi connectivity index (χ4v) is 5.59. The summed E-state index contributed by atoms with van der Waals surface area (Å²) in [6.45, 7) is 2.11. The van der Waals surface area contributed by atoms with Crippen LogP contribution in [0.4, 0.5) is 0 Å². The number of rotatable bonds is 0. The molecule has 2 aliphatic heterocycles. The minimum Gasteiger partial charge on any atom is -0.316 e. The van der Waals surface area contributed by atoms with E-state index in [-0.39, 0.29) is 0 Å². The maximum Gasteiger partial charge on any atom is 0.150 e. The van der Waals surface area contributed by atoms with Gasteiger partial charge in [0, 0.05) is 0 Å². The molecule has 0 unspecified atom stereocenters. The Hall–Kier alpha value is -0.0900. The lowest BCUT2D eigenvalue weighted by Crippen LogP contribution is -2.44. The second kappa shape index (κ2) is 2.04. The van der Waals surface area contributed by atoms with Crippen LogP contribution in [0.2, 0.25) is 0 Å². The molecule has 0 bridgehead atoms. The molecule has 0 spiro atoms. The van der Waals surface area contributed by atoms with Crippen molar-refractivity contribution in [1.29, 1.82) is 0 Å². The minimum atomic E-state index is -2.65. The van der Waals surface area contributed by atoms with Gasteiger partial charge in [0.1, 0.15) is 0 Å². The Balaban J connectivity index is 1.90. The molecule has 3 aliphatic rings. The van der Waals surface area contributed by atoms with Crippen LogP contribution in [0.3, 0.4) is 0 Å². The Morgan fingerprint density at radius 1 is 0.917 bits per heavy atom. The summed E-state index contributed by atoms with van der Waals surface area (Å²) in [5.74, 6) is 3.34. The van der Waals surface area contributed by atoms with E-state index in [4.69, 9.17) is 0 Å². The third kappa shape index (κ3) is 0.773. The van der Waals surface area contributed by atoms with Crippen molar-refractivity contribution in [3.63, 3.8) is 0 Å². The first-order valence-electron chi connectivity index (χ1n) is 4.58. The van der Waals surface area contributed by atoms with Crippen molar-refractivity contribution in [1.82, 2.24) is 5.32 Å². The molecule has 4 atom stereocenters. The fourth-order valence-electron chi connectivity index (χ4n) is 3.30. The summed E-state index contributed by atoms with van der Waals surface area (Å²) in [6, 6.07) is 0. The lowest BCUT2D eigenvalue weighted by atomic mass is 9.60. The van der Waals surface area contributed by atoms with E-state index in [1.54, 1.807) is 0 Å². The van der Waals surface area contributed by atoms with Gasteiger partial charge in [0.2, 0.25) is 0 Å². The third-order valence-electron chi connectivity index (χ3n) is 3.85. The summed E-state index contributed by atoms with van der Waals surface area (Å²) in [6.07, 6.45) is 0. The van der Waals surface area contributed by atoms with Crippen molar-refractivity contribution in [3.8, 4) is 0 Å². The molecule has 4 heteroatoms. The molecule has 2 saturated heterocycles. The van der Waals surface area contributed by atoms with Gasteiger partial charge in [-0.15, -0.1) is 0 Å². The molecule has 1 saturated carbocycles. The molecule has 0 amide bonds. The largest absolute Gasteiger partial charge is 0.316 e. The maximum atomic E-state index is 11.3. The molecule has 1 aliphatic carbocycles. The zero-order valence-electron chi connectivity index (χ0n) is 6.86. The molecule has 1 N–H and O–H groups in total. The highest BCUT2D eigenvalue weighted by molar-refractivity contribution is 7.91. The zero-order valence-corrected chi connectivity index (χ0v) is 7.68. The van der Waals surface area contributed by atoms with E-state index in [1.165, 1.54) is 0 Å². The Morgan fingerprint density at radius 2 is 1.42 bits per heavy atom. The van der Waals surface area contributed by atoms with Crippen LogP contribution in [0.1, 0.15) is 0 Å². The smallest absolute Gasteiger partial charge is 0.150 e. The highest BCUT2D eigenvalue weighted by Gasteiger charge is 2.58. The predicted octanol–water partition coefficient (Wildman–Crippen LogP) is -0.504. The van der Waals surface area contributed by atoms with Gasteiger partial charge in [-0.1, -0.05) is 0 Å². The van der Waals surface area contributed by atoms with Crippen molar-refractivity contribution >= 4 is 9.84 Å². The van der Waals surface area contributed by atoms with E-state index in [9.17, 15) is 8.42 Å². The first kappa shape index (κ1) is 7.33. The lowest BCUT2D eigenvalue weighted by Gasteiger charge is -2.43. The molecule has 3 fully saturated rings. The number of sulfone groups is 1. The summed E-state index contributed by atoms with van der Waals surface area (Å²) in [5.41, 5.74) is 0. The van der Waals surface area contributed by atoms with Crippen molar-refractivity contribution in [3.05, 3.63) is 0 Å². The molecule has 3 rings (SSSR count). The van der Waals surface area contributed by atoms with Crippen LogP contribution < -0.4 is 5.32 Å². The second-order valence-electron chi connectivity index (χ2n) is 4.39. The summed E-state index contributed by atoms with van der Waals surface area (Å²) < 4.78 is 22.6. The van der Waals surface area contributed by atoms with E-state index in [1.807, 2.05) is 0 Å². The van der Waals surface area contributed by atoms with Crippen LogP contribution in [0.15, 0.2) is 0 Å². The molecule has 12 heavy (non-hydrogen) atoms. The molecule has 2 heterocycles. The van der Waals surface area contributed by atoms with E-state index in [0.29, 0.717) is 35.2 Å². The highest BCUT2D eigenvalue weighted by atomic mass is 32.2. The summed E-state index contributed by atoms with van der Waals surface area (Å²) in [7, 11) is -2.65. The highest BCUT2D eigenvalue weighted by Crippen LogP contribution is 2.52. The van der Waals surface area contributed by atoms with Crippen LogP contribution in [0.5, 0.6) is 0 Å². The maximum absolute atomic E-state index is 11.3. The third-order valence-corrected chi connectivity index (χ3v) is 5.64. The van der Waals surface area contributed by atoms with Crippen LogP contribution in [-0.2, 0) is 9.84 Å². The van der Waals surface area contributed by atoms with Crippen LogP contribution in [0.25, 0.3) is 0 Å². The molecular formula is C8H13NO2S. The van der Waals surface area contributed by atoms with Gasteiger partial charge in [0.05, 0.1) is 11.5 Å². The first-order valence-corrected chi connectivity index (χ1v) is 6.41. The number of fused-ring (bicyclic) bond motifs is 4. The zero-order chi connectivity index (χ0) is 8.34.